The Bertz CT molecular complexity index is 497. The number of hydrogen-bond donors (Lipinski definition) is 2. The van der Waals surface area contributed by atoms with E-state index in [1.807, 2.05) is 0 Å². The van der Waals surface area contributed by atoms with Crippen molar-refractivity contribution in [3.8, 4) is 0 Å². The predicted molar refractivity (Wildman–Crippen MR) is 63.4 cm³/mol. The number of nitrogens with zero attached hydrogens (tertiary/aromatic N) is 4. The standard InChI is InChI=1S/C11H16N4O4/c1-11(19)3-2-4-14(7-11)9(16)6-15-5-8(10(17)18)12-13-15/h5,19H,2-4,6-7H2,1H3,(H,17,18). The minimum atomic E-state index is -1.18. The number of carbonyl (C=O) groups is 2. The molecule has 1 unspecified atom stereocenters. The van der Waals surface area contributed by atoms with Crippen LogP contribution in [0, 0.1) is 0 Å². The molecule has 8 heteroatoms. The Kier molecular flexibility index (Phi) is 3.52. The van der Waals surface area contributed by atoms with Gasteiger partial charge >= 0.3 is 5.97 Å². The summed E-state index contributed by atoms with van der Waals surface area (Å²) in [4.78, 5) is 24.2. The third kappa shape index (κ3) is 3.28. The average molecular weight is 268 g/mol. The summed E-state index contributed by atoms with van der Waals surface area (Å²) in [5.74, 6) is -1.39. The highest BCUT2D eigenvalue weighted by molar-refractivity contribution is 5.84. The summed E-state index contributed by atoms with van der Waals surface area (Å²) in [5.41, 5.74) is -1.05. The van der Waals surface area contributed by atoms with Crippen molar-refractivity contribution in [2.24, 2.45) is 0 Å². The van der Waals surface area contributed by atoms with E-state index in [0.29, 0.717) is 13.0 Å². The summed E-state index contributed by atoms with van der Waals surface area (Å²) < 4.78 is 1.19. The first-order chi connectivity index (χ1) is 8.87. The van der Waals surface area contributed by atoms with Crippen LogP contribution in [-0.4, -0.2) is 60.7 Å². The molecule has 0 radical (unpaired) electrons. The Morgan fingerprint density at radius 2 is 2.26 bits per heavy atom. The number of hydrogen-bond acceptors (Lipinski definition) is 5. The van der Waals surface area contributed by atoms with Crippen molar-refractivity contribution in [1.29, 1.82) is 0 Å². The summed E-state index contributed by atoms with van der Waals surface area (Å²) in [7, 11) is 0. The van der Waals surface area contributed by atoms with E-state index in [9.17, 15) is 14.7 Å². The molecule has 1 aromatic rings. The van der Waals surface area contributed by atoms with Crippen molar-refractivity contribution in [1.82, 2.24) is 19.9 Å². The summed E-state index contributed by atoms with van der Waals surface area (Å²) in [6.45, 7) is 2.50. The Morgan fingerprint density at radius 1 is 1.53 bits per heavy atom. The zero-order valence-corrected chi connectivity index (χ0v) is 10.6. The highest BCUT2D eigenvalue weighted by Gasteiger charge is 2.31. The zero-order valence-electron chi connectivity index (χ0n) is 10.6. The Hall–Kier alpha value is -1.96. The van der Waals surface area contributed by atoms with Crippen LogP contribution in [0.25, 0.3) is 0 Å². The maximum absolute atomic E-state index is 12.0. The number of likely N-dealkylation sites (tertiary alicyclic amines) is 1. The largest absolute Gasteiger partial charge is 0.476 e. The molecular formula is C11H16N4O4. The van der Waals surface area contributed by atoms with Crippen LogP contribution in [0.3, 0.4) is 0 Å². The zero-order chi connectivity index (χ0) is 14.0. The van der Waals surface area contributed by atoms with E-state index in [0.717, 1.165) is 6.42 Å². The molecule has 2 heterocycles. The summed E-state index contributed by atoms with van der Waals surface area (Å²) in [6, 6.07) is 0. The molecule has 1 aliphatic heterocycles. The van der Waals surface area contributed by atoms with Crippen molar-refractivity contribution in [2.45, 2.75) is 31.9 Å². The number of aromatic nitrogens is 3. The monoisotopic (exact) mass is 268 g/mol. The lowest BCUT2D eigenvalue weighted by atomic mass is 9.95. The van der Waals surface area contributed by atoms with Gasteiger partial charge in [0.25, 0.3) is 0 Å². The first-order valence-electron chi connectivity index (χ1n) is 6.01. The molecule has 0 aliphatic carbocycles. The van der Waals surface area contributed by atoms with Crippen molar-refractivity contribution in [3.05, 3.63) is 11.9 Å². The molecule has 0 spiro atoms. The Balaban J connectivity index is 1.98. The molecule has 1 atom stereocenters. The van der Waals surface area contributed by atoms with Gasteiger partial charge in [-0.1, -0.05) is 5.21 Å². The van der Waals surface area contributed by atoms with Crippen LogP contribution < -0.4 is 0 Å². The molecule has 8 nitrogen and oxygen atoms in total. The van der Waals surface area contributed by atoms with Crippen molar-refractivity contribution in [2.75, 3.05) is 13.1 Å². The number of amides is 1. The number of carboxylic acids is 1. The van der Waals surface area contributed by atoms with E-state index in [1.54, 1.807) is 11.8 Å². The first kappa shape index (κ1) is 13.5. The third-order valence-electron chi connectivity index (χ3n) is 3.08. The quantitative estimate of drug-likeness (QED) is 0.754. The third-order valence-corrected chi connectivity index (χ3v) is 3.08. The van der Waals surface area contributed by atoms with Crippen molar-refractivity contribution in [3.63, 3.8) is 0 Å². The highest BCUT2D eigenvalue weighted by atomic mass is 16.4. The van der Waals surface area contributed by atoms with Crippen LogP contribution in [0.5, 0.6) is 0 Å². The summed E-state index contributed by atoms with van der Waals surface area (Å²) >= 11 is 0. The van der Waals surface area contributed by atoms with E-state index in [2.05, 4.69) is 10.3 Å². The molecule has 19 heavy (non-hydrogen) atoms. The second-order valence-corrected chi connectivity index (χ2v) is 5.02. The lowest BCUT2D eigenvalue weighted by molar-refractivity contribution is -0.138. The second kappa shape index (κ2) is 4.96. The molecule has 2 N–H and O–H groups in total. The Morgan fingerprint density at radius 3 is 2.84 bits per heavy atom. The van der Waals surface area contributed by atoms with Crippen LogP contribution in [-0.2, 0) is 11.3 Å². The molecule has 0 bridgehead atoms. The normalized spacial score (nSPS) is 23.4. The molecule has 1 aromatic heterocycles. The number of aliphatic hydroxyl groups is 1. The molecule has 1 fully saturated rings. The van der Waals surface area contributed by atoms with Crippen LogP contribution in [0.1, 0.15) is 30.3 Å². The van der Waals surface area contributed by atoms with Gasteiger partial charge in [0, 0.05) is 13.1 Å². The number of aromatic carboxylic acids is 1. The SMILES string of the molecule is CC1(O)CCCN(C(=O)Cn2cc(C(=O)O)nn2)C1. The number of piperidine rings is 1. The molecule has 0 saturated carbocycles. The lowest BCUT2D eigenvalue weighted by Crippen LogP contribution is -2.49. The molecule has 0 aromatic carbocycles. The summed E-state index contributed by atoms with van der Waals surface area (Å²) in [5, 5.41) is 25.7. The van der Waals surface area contributed by atoms with Crippen LogP contribution >= 0.6 is 0 Å². The molecule has 1 amide bonds. The van der Waals surface area contributed by atoms with Crippen LogP contribution in [0.2, 0.25) is 0 Å². The van der Waals surface area contributed by atoms with Gasteiger partial charge in [-0.3, -0.25) is 4.79 Å². The fourth-order valence-corrected chi connectivity index (χ4v) is 2.15. The molecular weight excluding hydrogens is 252 g/mol. The fourth-order valence-electron chi connectivity index (χ4n) is 2.15. The minimum Gasteiger partial charge on any atom is -0.476 e. The van der Waals surface area contributed by atoms with Crippen molar-refractivity contribution >= 4 is 11.9 Å². The van der Waals surface area contributed by atoms with E-state index in [4.69, 9.17) is 5.11 Å². The van der Waals surface area contributed by atoms with Gasteiger partial charge in [-0.05, 0) is 19.8 Å². The topological polar surface area (TPSA) is 109 Å². The van der Waals surface area contributed by atoms with Gasteiger partial charge in [0.15, 0.2) is 5.69 Å². The highest BCUT2D eigenvalue weighted by Crippen LogP contribution is 2.20. The van der Waals surface area contributed by atoms with E-state index in [-0.39, 0.29) is 24.7 Å². The second-order valence-electron chi connectivity index (χ2n) is 5.02. The number of carbonyl (C=O) groups excluding carboxylic acids is 1. The van der Waals surface area contributed by atoms with E-state index < -0.39 is 11.6 Å². The van der Waals surface area contributed by atoms with Gasteiger partial charge in [-0.2, -0.15) is 0 Å². The van der Waals surface area contributed by atoms with Gasteiger partial charge < -0.3 is 15.1 Å². The molecule has 1 saturated heterocycles. The molecule has 104 valence electrons. The number of rotatable bonds is 3. The van der Waals surface area contributed by atoms with Gasteiger partial charge in [0.05, 0.1) is 11.8 Å². The maximum atomic E-state index is 12.0. The average Bonchev–Trinajstić information content (AvgIpc) is 2.76. The Labute approximate surface area is 109 Å². The van der Waals surface area contributed by atoms with Gasteiger partial charge in [0.2, 0.25) is 5.91 Å². The minimum absolute atomic E-state index is 0.0731. The van der Waals surface area contributed by atoms with Gasteiger partial charge in [0.1, 0.15) is 6.54 Å². The van der Waals surface area contributed by atoms with E-state index >= 15 is 0 Å². The van der Waals surface area contributed by atoms with Crippen LogP contribution in [0.4, 0.5) is 0 Å². The molecule has 1 aliphatic rings. The first-order valence-corrected chi connectivity index (χ1v) is 6.01. The lowest BCUT2D eigenvalue weighted by Gasteiger charge is -2.36. The van der Waals surface area contributed by atoms with Gasteiger partial charge in [-0.15, -0.1) is 5.10 Å². The van der Waals surface area contributed by atoms with E-state index in [1.165, 1.54) is 10.9 Å². The number of β-amino-alcohol motifs (C(OH)–C–C–N with tert-alkyl or cyclic N) is 1. The summed E-state index contributed by atoms with van der Waals surface area (Å²) in [6.07, 6.45) is 2.63. The predicted octanol–water partition coefficient (Wildman–Crippen LogP) is -0.650. The fraction of sp³-hybridized carbons (Fsp3) is 0.636. The number of carboxylic acid groups (broad SMARTS) is 1. The van der Waals surface area contributed by atoms with Crippen LogP contribution in [0.15, 0.2) is 6.20 Å². The van der Waals surface area contributed by atoms with Crippen molar-refractivity contribution < 1.29 is 19.8 Å². The maximum Gasteiger partial charge on any atom is 0.358 e. The van der Waals surface area contributed by atoms with Gasteiger partial charge in [-0.25, -0.2) is 9.48 Å². The smallest absolute Gasteiger partial charge is 0.358 e. The molecule has 2 rings (SSSR count).